The number of halogens is 4. The van der Waals surface area contributed by atoms with E-state index >= 15 is 0 Å². The van der Waals surface area contributed by atoms with Gasteiger partial charge in [0.05, 0.1) is 16.3 Å². The van der Waals surface area contributed by atoms with Gasteiger partial charge in [0.1, 0.15) is 5.76 Å². The lowest BCUT2D eigenvalue weighted by atomic mass is 10.1. The molecule has 29 heavy (non-hydrogen) atoms. The van der Waals surface area contributed by atoms with Gasteiger partial charge in [0.15, 0.2) is 5.76 Å². The van der Waals surface area contributed by atoms with E-state index in [-0.39, 0.29) is 33.7 Å². The number of alkyl halides is 3. The van der Waals surface area contributed by atoms with Crippen LogP contribution >= 0.6 is 11.6 Å². The molecule has 5 nitrogen and oxygen atoms in total. The Hall–Kier alpha value is -3.26. The van der Waals surface area contributed by atoms with Crippen LogP contribution in [0.25, 0.3) is 11.3 Å². The SMILES string of the molecule is CC(=O)Nc1ccc(Cl)c(NC(=O)c2ccc(-c3cccc(C(F)(F)F)c3)o2)c1. The van der Waals surface area contributed by atoms with E-state index in [9.17, 15) is 22.8 Å². The van der Waals surface area contributed by atoms with E-state index in [1.165, 1.54) is 43.3 Å². The van der Waals surface area contributed by atoms with Gasteiger partial charge in [0.2, 0.25) is 5.91 Å². The lowest BCUT2D eigenvalue weighted by Gasteiger charge is -2.09. The third-order valence-corrected chi connectivity index (χ3v) is 4.17. The minimum absolute atomic E-state index is 0.111. The van der Waals surface area contributed by atoms with Crippen molar-refractivity contribution in [3.63, 3.8) is 0 Å². The molecule has 0 saturated carbocycles. The summed E-state index contributed by atoms with van der Waals surface area (Å²) in [5, 5.41) is 5.34. The molecule has 2 aromatic carbocycles. The van der Waals surface area contributed by atoms with Crippen LogP contribution in [-0.2, 0) is 11.0 Å². The maximum Gasteiger partial charge on any atom is 0.416 e. The number of furan rings is 1. The van der Waals surface area contributed by atoms with E-state index < -0.39 is 17.6 Å². The molecule has 2 amide bonds. The number of amides is 2. The van der Waals surface area contributed by atoms with Crippen LogP contribution in [-0.4, -0.2) is 11.8 Å². The summed E-state index contributed by atoms with van der Waals surface area (Å²) in [6.45, 7) is 1.34. The number of hydrogen-bond donors (Lipinski definition) is 2. The van der Waals surface area contributed by atoms with E-state index in [0.29, 0.717) is 5.69 Å². The summed E-state index contributed by atoms with van der Waals surface area (Å²) in [7, 11) is 0. The molecule has 0 fully saturated rings. The Morgan fingerprint density at radius 1 is 1.00 bits per heavy atom. The minimum atomic E-state index is -4.49. The molecule has 0 aliphatic carbocycles. The molecule has 1 aromatic heterocycles. The third-order valence-electron chi connectivity index (χ3n) is 3.84. The first-order chi connectivity index (χ1) is 13.6. The predicted molar refractivity (Wildman–Crippen MR) is 103 cm³/mol. The Balaban J connectivity index is 1.81. The topological polar surface area (TPSA) is 71.3 Å². The Morgan fingerprint density at radius 2 is 1.76 bits per heavy atom. The zero-order chi connectivity index (χ0) is 21.2. The molecule has 3 aromatic rings. The molecular formula is C20H14ClF3N2O3. The predicted octanol–water partition coefficient (Wildman–Crippen LogP) is 5.83. The second-order valence-electron chi connectivity index (χ2n) is 6.07. The van der Waals surface area contributed by atoms with Crippen molar-refractivity contribution in [2.45, 2.75) is 13.1 Å². The quantitative estimate of drug-likeness (QED) is 0.555. The maximum absolute atomic E-state index is 12.9. The van der Waals surface area contributed by atoms with E-state index in [1.807, 2.05) is 0 Å². The number of anilines is 2. The highest BCUT2D eigenvalue weighted by molar-refractivity contribution is 6.34. The molecule has 0 atom stereocenters. The van der Waals surface area contributed by atoms with Gasteiger partial charge >= 0.3 is 6.18 Å². The van der Waals surface area contributed by atoms with Gasteiger partial charge in [0, 0.05) is 18.2 Å². The highest BCUT2D eigenvalue weighted by atomic mass is 35.5. The third kappa shape index (κ3) is 4.97. The van der Waals surface area contributed by atoms with Crippen molar-refractivity contribution >= 4 is 34.8 Å². The van der Waals surface area contributed by atoms with E-state index in [1.54, 1.807) is 6.07 Å². The molecule has 9 heteroatoms. The normalized spacial score (nSPS) is 11.2. The van der Waals surface area contributed by atoms with Gasteiger partial charge in [-0.25, -0.2) is 0 Å². The average Bonchev–Trinajstić information content (AvgIpc) is 3.14. The van der Waals surface area contributed by atoms with E-state index in [4.69, 9.17) is 16.0 Å². The van der Waals surface area contributed by atoms with Crippen molar-refractivity contribution in [3.8, 4) is 11.3 Å². The van der Waals surface area contributed by atoms with E-state index in [0.717, 1.165) is 12.1 Å². The second kappa shape index (κ2) is 8.00. The highest BCUT2D eigenvalue weighted by Gasteiger charge is 2.30. The summed E-state index contributed by atoms with van der Waals surface area (Å²) in [6.07, 6.45) is -4.49. The summed E-state index contributed by atoms with van der Waals surface area (Å²) >= 11 is 6.06. The molecule has 3 rings (SSSR count). The van der Waals surface area contributed by atoms with Gasteiger partial charge < -0.3 is 15.1 Å². The van der Waals surface area contributed by atoms with Gasteiger partial charge in [-0.15, -0.1) is 0 Å². The largest absolute Gasteiger partial charge is 0.451 e. The molecule has 0 radical (unpaired) electrons. The molecule has 0 saturated heterocycles. The molecule has 0 aliphatic heterocycles. The molecule has 150 valence electrons. The van der Waals surface area contributed by atoms with Crippen LogP contribution in [0.4, 0.5) is 24.5 Å². The lowest BCUT2D eigenvalue weighted by Crippen LogP contribution is -2.12. The molecule has 2 N–H and O–H groups in total. The van der Waals surface area contributed by atoms with Crippen LogP contribution in [0.15, 0.2) is 59.0 Å². The number of carbonyl (C=O) groups is 2. The van der Waals surface area contributed by atoms with E-state index in [2.05, 4.69) is 10.6 Å². The maximum atomic E-state index is 12.9. The minimum Gasteiger partial charge on any atom is -0.451 e. The smallest absolute Gasteiger partial charge is 0.416 e. The summed E-state index contributed by atoms with van der Waals surface area (Å²) < 4.78 is 44.0. The summed E-state index contributed by atoms with van der Waals surface area (Å²) in [6, 6.07) is 11.9. The number of benzene rings is 2. The second-order valence-corrected chi connectivity index (χ2v) is 6.48. The van der Waals surface area contributed by atoms with Gasteiger partial charge in [-0.1, -0.05) is 23.7 Å². The van der Waals surface area contributed by atoms with Gasteiger partial charge in [-0.05, 0) is 42.5 Å². The van der Waals surface area contributed by atoms with Crippen LogP contribution in [0.3, 0.4) is 0 Å². The molecular weight excluding hydrogens is 409 g/mol. The summed E-state index contributed by atoms with van der Waals surface area (Å²) in [5.74, 6) is -0.941. The van der Waals surface area contributed by atoms with Crippen LogP contribution in [0.2, 0.25) is 5.02 Å². The molecule has 0 unspecified atom stereocenters. The van der Waals surface area contributed by atoms with Crippen molar-refractivity contribution in [1.82, 2.24) is 0 Å². The van der Waals surface area contributed by atoms with Crippen molar-refractivity contribution in [1.29, 1.82) is 0 Å². The Kier molecular flexibility index (Phi) is 5.65. The number of carbonyl (C=O) groups excluding carboxylic acids is 2. The Bertz CT molecular complexity index is 1080. The Labute approximate surface area is 168 Å². The van der Waals surface area contributed by atoms with Gasteiger partial charge in [0.25, 0.3) is 5.91 Å². The van der Waals surface area contributed by atoms with Crippen molar-refractivity contribution in [3.05, 3.63) is 70.9 Å². The lowest BCUT2D eigenvalue weighted by molar-refractivity contribution is -0.137. The average molecular weight is 423 g/mol. The van der Waals surface area contributed by atoms with Crippen LogP contribution in [0.1, 0.15) is 23.0 Å². The number of hydrogen-bond acceptors (Lipinski definition) is 3. The van der Waals surface area contributed by atoms with Crippen LogP contribution in [0, 0.1) is 0 Å². The fourth-order valence-corrected chi connectivity index (χ4v) is 2.71. The highest BCUT2D eigenvalue weighted by Crippen LogP contribution is 2.33. The summed E-state index contributed by atoms with van der Waals surface area (Å²) in [4.78, 5) is 23.6. The first-order valence-electron chi connectivity index (χ1n) is 8.29. The van der Waals surface area contributed by atoms with Gasteiger partial charge in [-0.2, -0.15) is 13.2 Å². The zero-order valence-electron chi connectivity index (χ0n) is 14.9. The summed E-state index contributed by atoms with van der Waals surface area (Å²) in [5.41, 5.74) is 0.0322. The molecule has 0 bridgehead atoms. The van der Waals surface area contributed by atoms with Crippen LogP contribution in [0.5, 0.6) is 0 Å². The number of nitrogens with one attached hydrogen (secondary N) is 2. The first kappa shape index (κ1) is 20.5. The fraction of sp³-hybridized carbons (Fsp3) is 0.100. The molecule has 1 heterocycles. The van der Waals surface area contributed by atoms with Crippen molar-refractivity contribution < 1.29 is 27.2 Å². The van der Waals surface area contributed by atoms with Crippen molar-refractivity contribution in [2.75, 3.05) is 10.6 Å². The zero-order valence-corrected chi connectivity index (χ0v) is 15.7. The number of rotatable bonds is 4. The van der Waals surface area contributed by atoms with Crippen molar-refractivity contribution in [2.24, 2.45) is 0 Å². The van der Waals surface area contributed by atoms with Crippen LogP contribution < -0.4 is 10.6 Å². The standard InChI is InChI=1S/C20H14ClF3N2O3/c1-11(27)25-14-5-6-15(21)16(10-14)26-19(28)18-8-7-17(29-18)12-3-2-4-13(9-12)20(22,23)24/h2-10H,1H3,(H,25,27)(H,26,28). The molecule has 0 spiro atoms. The monoisotopic (exact) mass is 422 g/mol. The Morgan fingerprint density at radius 3 is 2.45 bits per heavy atom. The first-order valence-corrected chi connectivity index (χ1v) is 8.67. The molecule has 0 aliphatic rings. The van der Waals surface area contributed by atoms with Gasteiger partial charge in [-0.3, -0.25) is 9.59 Å². The fourth-order valence-electron chi connectivity index (χ4n) is 2.55.